The van der Waals surface area contributed by atoms with E-state index in [1.54, 1.807) is 4.57 Å². The normalized spacial score (nSPS) is 12.6. The van der Waals surface area contributed by atoms with Gasteiger partial charge < -0.3 is 4.57 Å². The van der Waals surface area contributed by atoms with Crippen LogP contribution in [0.25, 0.3) is 0 Å². The molecule has 1 aromatic heterocycles. The van der Waals surface area contributed by atoms with E-state index in [9.17, 15) is 8.42 Å². The van der Waals surface area contributed by atoms with Crippen molar-refractivity contribution >= 4 is 10.0 Å². The van der Waals surface area contributed by atoms with Crippen LogP contribution < -0.4 is 5.14 Å². The minimum Gasteiger partial charge on any atom is -0.300 e. The highest BCUT2D eigenvalue weighted by atomic mass is 32.2. The van der Waals surface area contributed by atoms with Gasteiger partial charge in [-0.15, -0.1) is 10.2 Å². The highest BCUT2D eigenvalue weighted by molar-refractivity contribution is 7.89. The Morgan fingerprint density at radius 2 is 1.80 bits per heavy atom. The Balaban J connectivity index is 2.62. The van der Waals surface area contributed by atoms with Gasteiger partial charge in [-0.2, -0.15) is 0 Å². The van der Waals surface area contributed by atoms with Gasteiger partial charge in [0.1, 0.15) is 5.82 Å². The van der Waals surface area contributed by atoms with Crippen molar-refractivity contribution in [3.05, 3.63) is 41.7 Å². The number of sulfonamides is 1. The van der Waals surface area contributed by atoms with E-state index in [2.05, 4.69) is 10.2 Å². The van der Waals surface area contributed by atoms with Gasteiger partial charge in [0.2, 0.25) is 0 Å². The molecule has 20 heavy (non-hydrogen) atoms. The van der Waals surface area contributed by atoms with Crippen LogP contribution in [-0.4, -0.2) is 23.2 Å². The van der Waals surface area contributed by atoms with Crippen molar-refractivity contribution in [2.45, 2.75) is 37.9 Å². The molecule has 0 saturated heterocycles. The topological polar surface area (TPSA) is 90.9 Å². The molecule has 2 N–H and O–H groups in total. The van der Waals surface area contributed by atoms with E-state index >= 15 is 0 Å². The number of hydrogen-bond acceptors (Lipinski definition) is 4. The summed E-state index contributed by atoms with van der Waals surface area (Å²) < 4.78 is 24.6. The molecule has 0 fully saturated rings. The summed E-state index contributed by atoms with van der Waals surface area (Å²) in [5.74, 6) is 0.579. The number of nitrogens with two attached hydrogens (primary N) is 1. The molecular weight excluding hydrogens is 276 g/mol. The molecule has 1 aromatic carbocycles. The van der Waals surface area contributed by atoms with Gasteiger partial charge in [0.05, 0.1) is 0 Å². The zero-order valence-electron chi connectivity index (χ0n) is 11.7. The van der Waals surface area contributed by atoms with Gasteiger partial charge >= 0.3 is 0 Å². The zero-order valence-corrected chi connectivity index (χ0v) is 12.6. The van der Waals surface area contributed by atoms with E-state index in [1.165, 1.54) is 0 Å². The lowest BCUT2D eigenvalue weighted by atomic mass is 9.84. The summed E-state index contributed by atoms with van der Waals surface area (Å²) in [5.41, 5.74) is 0.566. The Morgan fingerprint density at radius 3 is 2.30 bits per heavy atom. The number of rotatable bonds is 4. The van der Waals surface area contributed by atoms with Crippen LogP contribution >= 0.6 is 0 Å². The fraction of sp³-hybridized carbons (Fsp3) is 0.385. The number of hydrogen-bond donors (Lipinski definition) is 1. The maximum absolute atomic E-state index is 11.5. The van der Waals surface area contributed by atoms with Crippen molar-refractivity contribution in [2.75, 3.05) is 0 Å². The largest absolute Gasteiger partial charge is 0.300 e. The SMILES string of the molecule is CCn1c(C(C)(C)c2ccccc2)nnc1S(N)(=O)=O. The van der Waals surface area contributed by atoms with Gasteiger partial charge in [0.25, 0.3) is 15.2 Å². The van der Waals surface area contributed by atoms with E-state index in [1.807, 2.05) is 51.1 Å². The predicted octanol–water partition coefficient (Wildman–Crippen LogP) is 1.27. The average molecular weight is 294 g/mol. The molecule has 0 unspecified atom stereocenters. The molecule has 0 aliphatic carbocycles. The molecule has 0 bridgehead atoms. The monoisotopic (exact) mass is 294 g/mol. The Labute approximate surface area is 118 Å². The molecule has 2 rings (SSSR count). The summed E-state index contributed by atoms with van der Waals surface area (Å²) >= 11 is 0. The third-order valence-corrected chi connectivity index (χ3v) is 4.15. The van der Waals surface area contributed by atoms with Crippen LogP contribution in [0.2, 0.25) is 0 Å². The molecule has 0 aliphatic rings. The standard InChI is InChI=1S/C13H18N4O2S/c1-4-17-11(15-16-12(17)20(14,18)19)13(2,3)10-8-6-5-7-9-10/h5-9H,4H2,1-3H3,(H2,14,18,19). The predicted molar refractivity (Wildman–Crippen MR) is 75.6 cm³/mol. The van der Waals surface area contributed by atoms with Gasteiger partial charge in [-0.05, 0) is 26.3 Å². The summed E-state index contributed by atoms with van der Waals surface area (Å²) in [6.07, 6.45) is 0. The Morgan fingerprint density at radius 1 is 1.20 bits per heavy atom. The smallest absolute Gasteiger partial charge is 0.273 e. The second-order valence-electron chi connectivity index (χ2n) is 5.09. The minimum absolute atomic E-state index is 0.195. The first-order valence-electron chi connectivity index (χ1n) is 6.30. The highest BCUT2D eigenvalue weighted by Gasteiger charge is 2.32. The molecule has 0 saturated carbocycles. The molecule has 1 heterocycles. The lowest BCUT2D eigenvalue weighted by Gasteiger charge is -2.24. The van der Waals surface area contributed by atoms with Gasteiger partial charge in [0, 0.05) is 12.0 Å². The number of benzene rings is 1. The zero-order chi connectivity index (χ0) is 15.0. The molecule has 0 radical (unpaired) electrons. The number of aromatic nitrogens is 3. The van der Waals surface area contributed by atoms with Crippen LogP contribution in [0.1, 0.15) is 32.2 Å². The lowest BCUT2D eigenvalue weighted by Crippen LogP contribution is -2.26. The molecule has 0 aliphatic heterocycles. The van der Waals surface area contributed by atoms with Gasteiger partial charge in [-0.25, -0.2) is 13.6 Å². The Kier molecular flexibility index (Phi) is 3.66. The second-order valence-corrected chi connectivity index (χ2v) is 6.54. The summed E-state index contributed by atoms with van der Waals surface area (Å²) in [5, 5.41) is 12.8. The van der Waals surface area contributed by atoms with Gasteiger partial charge in [-0.1, -0.05) is 30.3 Å². The molecule has 108 valence electrons. The van der Waals surface area contributed by atoms with Crippen LogP contribution in [0.5, 0.6) is 0 Å². The highest BCUT2D eigenvalue weighted by Crippen LogP contribution is 2.30. The van der Waals surface area contributed by atoms with Crippen LogP contribution in [0.4, 0.5) is 0 Å². The van der Waals surface area contributed by atoms with Gasteiger partial charge in [-0.3, -0.25) is 0 Å². The van der Waals surface area contributed by atoms with E-state index in [0.717, 1.165) is 5.56 Å². The van der Waals surface area contributed by atoms with Gasteiger partial charge in [0.15, 0.2) is 0 Å². The second kappa shape index (κ2) is 4.99. The fourth-order valence-electron chi connectivity index (χ4n) is 2.23. The molecular formula is C13H18N4O2S. The molecule has 0 spiro atoms. The van der Waals surface area contributed by atoms with Crippen LogP contribution in [0.15, 0.2) is 35.5 Å². The maximum Gasteiger partial charge on any atom is 0.273 e. The van der Waals surface area contributed by atoms with Crippen LogP contribution in [-0.2, 0) is 22.0 Å². The first-order chi connectivity index (χ1) is 9.28. The van der Waals surface area contributed by atoms with Crippen molar-refractivity contribution in [2.24, 2.45) is 5.14 Å². The number of primary sulfonamides is 1. The quantitative estimate of drug-likeness (QED) is 0.919. The van der Waals surface area contributed by atoms with Crippen LogP contribution in [0, 0.1) is 0 Å². The Hall–Kier alpha value is -1.73. The van der Waals surface area contributed by atoms with E-state index < -0.39 is 15.4 Å². The third kappa shape index (κ3) is 2.46. The van der Waals surface area contributed by atoms with E-state index in [-0.39, 0.29) is 5.16 Å². The lowest BCUT2D eigenvalue weighted by molar-refractivity contribution is 0.515. The summed E-state index contributed by atoms with van der Waals surface area (Å²) in [7, 11) is -3.88. The minimum atomic E-state index is -3.88. The molecule has 6 nitrogen and oxygen atoms in total. The van der Waals surface area contributed by atoms with E-state index in [0.29, 0.717) is 12.4 Å². The van der Waals surface area contributed by atoms with Crippen molar-refractivity contribution in [1.82, 2.24) is 14.8 Å². The average Bonchev–Trinajstić information content (AvgIpc) is 2.84. The van der Waals surface area contributed by atoms with Crippen molar-refractivity contribution < 1.29 is 8.42 Å². The van der Waals surface area contributed by atoms with Crippen LogP contribution in [0.3, 0.4) is 0 Å². The third-order valence-electron chi connectivity index (χ3n) is 3.34. The maximum atomic E-state index is 11.5. The van der Waals surface area contributed by atoms with Crippen molar-refractivity contribution in [3.8, 4) is 0 Å². The summed E-state index contributed by atoms with van der Waals surface area (Å²) in [4.78, 5) is 0. The first-order valence-corrected chi connectivity index (χ1v) is 7.85. The van der Waals surface area contributed by atoms with Crippen molar-refractivity contribution in [1.29, 1.82) is 0 Å². The summed E-state index contributed by atoms with van der Waals surface area (Å²) in [6, 6.07) is 9.76. The Bertz CT molecular complexity index is 705. The summed E-state index contributed by atoms with van der Waals surface area (Å²) in [6.45, 7) is 6.23. The molecule has 0 atom stereocenters. The van der Waals surface area contributed by atoms with E-state index in [4.69, 9.17) is 5.14 Å². The number of nitrogens with zero attached hydrogens (tertiary/aromatic N) is 3. The van der Waals surface area contributed by atoms with Crippen molar-refractivity contribution in [3.63, 3.8) is 0 Å². The fourth-order valence-corrected chi connectivity index (χ4v) is 2.91. The molecule has 0 amide bonds. The first kappa shape index (κ1) is 14.7. The molecule has 7 heteroatoms. The molecule has 2 aromatic rings.